The molecule has 4 amide bonds. The second-order valence-corrected chi connectivity index (χ2v) is 11.6. The number of ether oxygens (including phenoxy) is 1. The molecule has 244 valence electrons. The van der Waals surface area contributed by atoms with E-state index in [1.807, 2.05) is 56.3 Å². The molecule has 11 nitrogen and oxygen atoms in total. The van der Waals surface area contributed by atoms with Crippen LogP contribution in [-0.2, 0) is 16.0 Å². The van der Waals surface area contributed by atoms with Gasteiger partial charge in [0.1, 0.15) is 18.2 Å². The Bertz CT molecular complexity index is 1810. The molecule has 5 rings (SSSR count). The minimum Gasteiger partial charge on any atom is -0.406 e. The fourth-order valence-corrected chi connectivity index (χ4v) is 5.65. The summed E-state index contributed by atoms with van der Waals surface area (Å²) < 4.78 is 42.6. The van der Waals surface area contributed by atoms with E-state index >= 15 is 0 Å². The normalized spacial score (nSPS) is 14.7. The molecule has 1 aliphatic heterocycles. The number of amidine groups is 1. The maximum atomic E-state index is 12.9. The average molecular weight is 666 g/mol. The van der Waals surface area contributed by atoms with E-state index in [1.54, 1.807) is 0 Å². The molecule has 1 atom stereocenters. The van der Waals surface area contributed by atoms with Gasteiger partial charge in [-0.1, -0.05) is 48.2 Å². The van der Waals surface area contributed by atoms with Crippen LogP contribution in [0.4, 0.5) is 23.7 Å². The van der Waals surface area contributed by atoms with E-state index in [0.29, 0.717) is 35.6 Å². The Hall–Kier alpha value is -5.18. The molecule has 0 aliphatic carbocycles. The van der Waals surface area contributed by atoms with E-state index < -0.39 is 18.6 Å². The van der Waals surface area contributed by atoms with Gasteiger partial charge in [0.2, 0.25) is 11.8 Å². The van der Waals surface area contributed by atoms with Gasteiger partial charge in [0, 0.05) is 12.5 Å². The Morgan fingerprint density at radius 3 is 2.45 bits per heavy atom. The summed E-state index contributed by atoms with van der Waals surface area (Å²) in [6.45, 7) is 5.15. The molecule has 2 heterocycles. The van der Waals surface area contributed by atoms with Gasteiger partial charge in [-0.15, -0.1) is 18.3 Å². The van der Waals surface area contributed by atoms with E-state index in [1.165, 1.54) is 58.9 Å². The highest BCUT2D eigenvalue weighted by molar-refractivity contribution is 8.15. The van der Waals surface area contributed by atoms with Crippen molar-refractivity contribution in [2.24, 2.45) is 4.99 Å². The van der Waals surface area contributed by atoms with Gasteiger partial charge in [0.05, 0.1) is 17.1 Å². The lowest BCUT2D eigenvalue weighted by Crippen LogP contribution is -2.47. The molecule has 4 aromatic rings. The van der Waals surface area contributed by atoms with E-state index in [2.05, 4.69) is 30.4 Å². The van der Waals surface area contributed by atoms with Crippen molar-refractivity contribution in [2.75, 3.05) is 10.7 Å². The molecule has 2 N–H and O–H groups in total. The third-order valence-electron chi connectivity index (χ3n) is 7.00. The van der Waals surface area contributed by atoms with Crippen molar-refractivity contribution in [1.29, 1.82) is 0 Å². The predicted molar refractivity (Wildman–Crippen MR) is 171 cm³/mol. The Morgan fingerprint density at radius 2 is 1.77 bits per heavy atom. The summed E-state index contributed by atoms with van der Waals surface area (Å²) in [5, 5.41) is 10.1. The number of nitrogens with zero attached hydrogens (tertiary/aromatic N) is 5. The molecule has 1 aromatic heterocycles. The lowest BCUT2D eigenvalue weighted by Gasteiger charge is -2.20. The van der Waals surface area contributed by atoms with Crippen LogP contribution in [0.1, 0.15) is 30.0 Å². The highest BCUT2D eigenvalue weighted by Crippen LogP contribution is 2.30. The van der Waals surface area contributed by atoms with Gasteiger partial charge in [-0.3, -0.25) is 14.5 Å². The van der Waals surface area contributed by atoms with E-state index in [0.717, 1.165) is 16.7 Å². The monoisotopic (exact) mass is 665 g/mol. The number of carbonyl (C=O) groups is 3. The maximum Gasteiger partial charge on any atom is 0.573 e. The summed E-state index contributed by atoms with van der Waals surface area (Å²) in [4.78, 5) is 47.4. The van der Waals surface area contributed by atoms with Crippen LogP contribution in [0, 0.1) is 13.8 Å². The van der Waals surface area contributed by atoms with Crippen LogP contribution in [0.25, 0.3) is 17.1 Å². The molecule has 1 saturated heterocycles. The van der Waals surface area contributed by atoms with E-state index in [-0.39, 0.29) is 28.5 Å². The van der Waals surface area contributed by atoms with Crippen molar-refractivity contribution < 1.29 is 32.3 Å². The van der Waals surface area contributed by atoms with Gasteiger partial charge in [-0.25, -0.2) is 14.5 Å². The molecule has 1 unspecified atom stereocenters. The van der Waals surface area contributed by atoms with Crippen molar-refractivity contribution in [3.63, 3.8) is 0 Å². The molecule has 0 radical (unpaired) electrons. The number of aromatic nitrogens is 3. The number of benzene rings is 3. The molecule has 1 fully saturated rings. The largest absolute Gasteiger partial charge is 0.573 e. The molecule has 1 aliphatic rings. The van der Waals surface area contributed by atoms with Gasteiger partial charge in [-0.2, -0.15) is 4.99 Å². The standard InChI is InChI=1S/C32H30F3N7O4S/c1-19-4-5-20(2)26(16-19)42-28(44)17-47-31(42)39-30(45)38-27(37-21(3)43)15-8-22-6-9-23(10-7-22)29-36-18-41(40-29)24-11-13-25(14-12-24)46-32(33,34)35/h4-7,9-14,16,18,27H,8,15,17H2,1-3H3,(H,37,43)(H,38,45)/b39-31-. The maximum absolute atomic E-state index is 12.9. The zero-order chi connectivity index (χ0) is 33.7. The summed E-state index contributed by atoms with van der Waals surface area (Å²) >= 11 is 1.17. The number of urea groups is 1. The number of rotatable bonds is 9. The van der Waals surface area contributed by atoms with Gasteiger partial charge in [0.25, 0.3) is 0 Å². The molecular formula is C32H30F3N7O4S. The zero-order valence-corrected chi connectivity index (χ0v) is 26.4. The number of alkyl halides is 3. The Morgan fingerprint density at radius 1 is 1.04 bits per heavy atom. The summed E-state index contributed by atoms with van der Waals surface area (Å²) in [6.07, 6.45) is -3.18. The first-order chi connectivity index (χ1) is 22.3. The summed E-state index contributed by atoms with van der Waals surface area (Å²) in [7, 11) is 0. The minimum atomic E-state index is -4.78. The molecule has 47 heavy (non-hydrogen) atoms. The third kappa shape index (κ3) is 8.76. The van der Waals surface area contributed by atoms with Crippen LogP contribution in [-0.4, -0.2) is 56.1 Å². The van der Waals surface area contributed by atoms with Crippen molar-refractivity contribution >= 4 is 40.5 Å². The summed E-state index contributed by atoms with van der Waals surface area (Å²) in [6, 6.07) is 17.7. The van der Waals surface area contributed by atoms with Crippen molar-refractivity contribution in [3.8, 4) is 22.8 Å². The SMILES string of the molecule is CC(=O)NC(CCc1ccc(-c2ncn(-c3ccc(OC(F)(F)F)cc3)n2)cc1)NC(=O)/N=C1\SCC(=O)N1c1cc(C)ccc1C. The summed E-state index contributed by atoms with van der Waals surface area (Å²) in [5.41, 5.74) is 4.65. The number of aryl methyl sites for hydroxylation is 3. The first kappa shape index (κ1) is 33.2. The number of aliphatic imine (C=N–C) groups is 1. The molecular weight excluding hydrogens is 635 g/mol. The van der Waals surface area contributed by atoms with Crippen LogP contribution < -0.4 is 20.3 Å². The molecule has 0 bridgehead atoms. The van der Waals surface area contributed by atoms with Crippen molar-refractivity contribution in [1.82, 2.24) is 25.4 Å². The Balaban J connectivity index is 1.21. The molecule has 15 heteroatoms. The Labute approximate surface area is 272 Å². The van der Waals surface area contributed by atoms with Crippen LogP contribution in [0.5, 0.6) is 5.75 Å². The van der Waals surface area contributed by atoms with Crippen molar-refractivity contribution in [3.05, 3.63) is 89.7 Å². The number of hydrogen-bond acceptors (Lipinski definition) is 7. The first-order valence-corrected chi connectivity index (χ1v) is 15.4. The predicted octanol–water partition coefficient (Wildman–Crippen LogP) is 5.69. The number of nitrogens with one attached hydrogen (secondary N) is 2. The number of thioether (sulfide) groups is 1. The quantitative estimate of drug-likeness (QED) is 0.220. The number of carbonyl (C=O) groups excluding carboxylic acids is 3. The third-order valence-corrected chi connectivity index (χ3v) is 7.93. The minimum absolute atomic E-state index is 0.161. The van der Waals surface area contributed by atoms with Crippen LogP contribution >= 0.6 is 11.8 Å². The second kappa shape index (κ2) is 14.1. The fraction of sp³-hybridized carbons (Fsp3) is 0.250. The number of amides is 4. The van der Waals surface area contributed by atoms with Crippen molar-refractivity contribution in [2.45, 2.75) is 46.1 Å². The lowest BCUT2D eigenvalue weighted by atomic mass is 10.1. The zero-order valence-electron chi connectivity index (χ0n) is 25.5. The smallest absolute Gasteiger partial charge is 0.406 e. The van der Waals surface area contributed by atoms with Gasteiger partial charge in [0.15, 0.2) is 11.0 Å². The van der Waals surface area contributed by atoms with Gasteiger partial charge < -0.3 is 15.4 Å². The number of halogens is 3. The number of anilines is 1. The van der Waals surface area contributed by atoms with Crippen LogP contribution in [0.2, 0.25) is 0 Å². The van der Waals surface area contributed by atoms with Gasteiger partial charge in [-0.05, 0) is 73.7 Å². The van der Waals surface area contributed by atoms with Gasteiger partial charge >= 0.3 is 12.4 Å². The molecule has 3 aromatic carbocycles. The lowest BCUT2D eigenvalue weighted by molar-refractivity contribution is -0.274. The average Bonchev–Trinajstić information content (AvgIpc) is 3.64. The topological polar surface area (TPSA) is 131 Å². The Kier molecular flexibility index (Phi) is 9.94. The van der Waals surface area contributed by atoms with E-state index in [9.17, 15) is 27.6 Å². The highest BCUT2D eigenvalue weighted by Gasteiger charge is 2.32. The molecule has 0 saturated carbocycles. The fourth-order valence-electron chi connectivity index (χ4n) is 4.79. The first-order valence-electron chi connectivity index (χ1n) is 14.4. The van der Waals surface area contributed by atoms with Crippen LogP contribution in [0.3, 0.4) is 0 Å². The second-order valence-electron chi connectivity index (χ2n) is 10.7. The highest BCUT2D eigenvalue weighted by atomic mass is 32.2. The summed E-state index contributed by atoms with van der Waals surface area (Å²) in [5.74, 6) is -0.269. The van der Waals surface area contributed by atoms with E-state index in [4.69, 9.17) is 0 Å². The number of hydrogen-bond donors (Lipinski definition) is 2. The van der Waals surface area contributed by atoms with Crippen LogP contribution in [0.15, 0.2) is 78.0 Å². The molecule has 0 spiro atoms.